The van der Waals surface area contributed by atoms with Crippen LogP contribution < -0.4 is 4.90 Å². The number of aromatic nitrogens is 1. The molecule has 1 aromatic carbocycles. The molecule has 21 heavy (non-hydrogen) atoms. The molecule has 0 radical (unpaired) electrons. The lowest BCUT2D eigenvalue weighted by molar-refractivity contribution is 0.0821. The maximum atomic E-state index is 11.4. The van der Waals surface area contributed by atoms with Crippen molar-refractivity contribution in [1.29, 1.82) is 0 Å². The van der Waals surface area contributed by atoms with Crippen molar-refractivity contribution in [3.8, 4) is 11.3 Å². The number of nitrogens with zero attached hydrogens (tertiary/aromatic N) is 2. The number of benzene rings is 1. The second-order valence-corrected chi connectivity index (χ2v) is 6.18. The number of hydrogen-bond donors (Lipinski definition) is 0. The molecule has 1 fully saturated rings. The van der Waals surface area contributed by atoms with Crippen LogP contribution in [-0.2, 0) is 4.74 Å². The summed E-state index contributed by atoms with van der Waals surface area (Å²) >= 11 is 1.46. The van der Waals surface area contributed by atoms with E-state index < -0.39 is 0 Å². The quantitative estimate of drug-likeness (QED) is 0.816. The molecule has 0 amide bonds. The molecule has 0 saturated carbocycles. The number of ether oxygens (including phenoxy) is 1. The van der Waals surface area contributed by atoms with Gasteiger partial charge >= 0.3 is 0 Å². The van der Waals surface area contributed by atoms with Crippen LogP contribution in [-0.4, -0.2) is 37.1 Å². The maximum absolute atomic E-state index is 11.4. The molecule has 2 aromatic rings. The molecule has 1 saturated heterocycles. The van der Waals surface area contributed by atoms with E-state index >= 15 is 0 Å². The number of rotatable bonds is 3. The van der Waals surface area contributed by atoms with Crippen molar-refractivity contribution < 1.29 is 9.53 Å². The molecule has 0 N–H and O–H groups in total. The van der Waals surface area contributed by atoms with Gasteiger partial charge in [0.05, 0.1) is 16.7 Å². The predicted octanol–water partition coefficient (Wildman–Crippen LogP) is 3.24. The first kappa shape index (κ1) is 14.2. The van der Waals surface area contributed by atoms with Crippen LogP contribution >= 0.6 is 11.3 Å². The summed E-state index contributed by atoms with van der Waals surface area (Å²) in [6, 6.07) is 9.86. The van der Waals surface area contributed by atoms with Crippen molar-refractivity contribution in [2.45, 2.75) is 19.4 Å². The number of aldehydes is 1. The largest absolute Gasteiger partial charge is 0.377 e. The normalized spacial score (nSPS) is 19.3. The fourth-order valence-corrected chi connectivity index (χ4v) is 3.44. The molecule has 1 atom stereocenters. The van der Waals surface area contributed by atoms with E-state index in [1.54, 1.807) is 0 Å². The first-order valence-electron chi connectivity index (χ1n) is 7.16. The zero-order valence-corrected chi connectivity index (χ0v) is 12.8. The second kappa shape index (κ2) is 6.37. The Kier molecular flexibility index (Phi) is 4.31. The maximum Gasteiger partial charge on any atom is 0.186 e. The van der Waals surface area contributed by atoms with Gasteiger partial charge in [-0.3, -0.25) is 4.79 Å². The number of thiazole rings is 1. The molecule has 1 aromatic heterocycles. The van der Waals surface area contributed by atoms with Crippen LogP contribution in [0.2, 0.25) is 0 Å². The highest BCUT2D eigenvalue weighted by Gasteiger charge is 2.21. The van der Waals surface area contributed by atoms with Crippen molar-refractivity contribution in [3.05, 3.63) is 35.2 Å². The van der Waals surface area contributed by atoms with E-state index in [-0.39, 0.29) is 6.10 Å². The van der Waals surface area contributed by atoms with Crippen LogP contribution in [0.5, 0.6) is 0 Å². The summed E-state index contributed by atoms with van der Waals surface area (Å²) in [5, 5.41) is 0.910. The zero-order chi connectivity index (χ0) is 14.7. The molecule has 1 aliphatic heterocycles. The molecule has 2 heterocycles. The highest BCUT2D eigenvalue weighted by atomic mass is 32.1. The first-order valence-corrected chi connectivity index (χ1v) is 7.97. The Labute approximate surface area is 128 Å². The molecule has 110 valence electrons. The van der Waals surface area contributed by atoms with E-state index in [0.717, 1.165) is 48.8 Å². The minimum absolute atomic E-state index is 0.191. The van der Waals surface area contributed by atoms with E-state index in [4.69, 9.17) is 9.72 Å². The van der Waals surface area contributed by atoms with Crippen LogP contribution in [0.15, 0.2) is 30.3 Å². The molecule has 1 unspecified atom stereocenters. The van der Waals surface area contributed by atoms with Gasteiger partial charge in [-0.2, -0.15) is 0 Å². The minimum Gasteiger partial charge on any atom is -0.377 e. The van der Waals surface area contributed by atoms with Crippen LogP contribution in [0.1, 0.15) is 23.0 Å². The smallest absolute Gasteiger partial charge is 0.186 e. The number of carbonyl (C=O) groups is 1. The Morgan fingerprint density at radius 3 is 2.95 bits per heavy atom. The van der Waals surface area contributed by atoms with E-state index in [0.29, 0.717) is 4.88 Å². The highest BCUT2D eigenvalue weighted by molar-refractivity contribution is 7.17. The van der Waals surface area contributed by atoms with Gasteiger partial charge in [-0.25, -0.2) is 4.98 Å². The summed E-state index contributed by atoms with van der Waals surface area (Å²) in [7, 11) is 0. The third kappa shape index (κ3) is 3.14. The van der Waals surface area contributed by atoms with Gasteiger partial charge in [0.1, 0.15) is 0 Å². The van der Waals surface area contributed by atoms with E-state index in [1.165, 1.54) is 11.3 Å². The molecule has 0 spiro atoms. The van der Waals surface area contributed by atoms with Crippen molar-refractivity contribution in [3.63, 3.8) is 0 Å². The van der Waals surface area contributed by atoms with Crippen LogP contribution in [0.25, 0.3) is 11.3 Å². The van der Waals surface area contributed by atoms with Crippen LogP contribution in [0.4, 0.5) is 5.13 Å². The Morgan fingerprint density at radius 1 is 1.38 bits per heavy atom. The Bertz CT molecular complexity index is 612. The second-order valence-electron chi connectivity index (χ2n) is 5.17. The first-order chi connectivity index (χ1) is 10.3. The molecule has 0 bridgehead atoms. The molecular weight excluding hydrogens is 284 g/mol. The SMILES string of the molecule is CC1CN(c2nc(-c3ccccc3)c(C=O)s2)CCCO1. The van der Waals surface area contributed by atoms with E-state index in [1.807, 2.05) is 30.3 Å². The van der Waals surface area contributed by atoms with Gasteiger partial charge in [-0.1, -0.05) is 41.7 Å². The number of anilines is 1. The Morgan fingerprint density at radius 2 is 2.19 bits per heavy atom. The zero-order valence-electron chi connectivity index (χ0n) is 12.0. The Balaban J connectivity index is 1.94. The fraction of sp³-hybridized carbons (Fsp3) is 0.375. The summed E-state index contributed by atoms with van der Waals surface area (Å²) in [4.78, 5) is 19.0. The number of hydrogen-bond acceptors (Lipinski definition) is 5. The summed E-state index contributed by atoms with van der Waals surface area (Å²) in [6.07, 6.45) is 2.08. The summed E-state index contributed by atoms with van der Waals surface area (Å²) < 4.78 is 5.67. The summed E-state index contributed by atoms with van der Waals surface area (Å²) in [5.41, 5.74) is 1.77. The summed E-state index contributed by atoms with van der Waals surface area (Å²) in [5.74, 6) is 0. The number of carbonyl (C=O) groups excluding carboxylic acids is 1. The van der Waals surface area contributed by atoms with E-state index in [2.05, 4.69) is 11.8 Å². The van der Waals surface area contributed by atoms with Crippen molar-refractivity contribution in [2.75, 3.05) is 24.6 Å². The fourth-order valence-electron chi connectivity index (χ4n) is 2.51. The highest BCUT2D eigenvalue weighted by Crippen LogP contribution is 2.32. The van der Waals surface area contributed by atoms with Crippen LogP contribution in [0.3, 0.4) is 0 Å². The topological polar surface area (TPSA) is 42.4 Å². The van der Waals surface area contributed by atoms with Gasteiger partial charge in [0.2, 0.25) is 0 Å². The van der Waals surface area contributed by atoms with Gasteiger partial charge < -0.3 is 9.64 Å². The monoisotopic (exact) mass is 302 g/mol. The van der Waals surface area contributed by atoms with Crippen LogP contribution in [0, 0.1) is 0 Å². The lowest BCUT2D eigenvalue weighted by Gasteiger charge is -2.20. The molecule has 0 aliphatic carbocycles. The van der Waals surface area contributed by atoms with Crippen molar-refractivity contribution >= 4 is 22.8 Å². The van der Waals surface area contributed by atoms with Gasteiger partial charge in [-0.05, 0) is 13.3 Å². The van der Waals surface area contributed by atoms with Crippen molar-refractivity contribution in [2.24, 2.45) is 0 Å². The Hall–Kier alpha value is -1.72. The lowest BCUT2D eigenvalue weighted by atomic mass is 10.1. The van der Waals surface area contributed by atoms with E-state index in [9.17, 15) is 4.79 Å². The third-order valence-electron chi connectivity index (χ3n) is 3.52. The molecule has 1 aliphatic rings. The average molecular weight is 302 g/mol. The van der Waals surface area contributed by atoms with Crippen molar-refractivity contribution in [1.82, 2.24) is 4.98 Å². The van der Waals surface area contributed by atoms with Gasteiger partial charge in [0.25, 0.3) is 0 Å². The third-order valence-corrected chi connectivity index (χ3v) is 4.56. The van der Waals surface area contributed by atoms with Gasteiger partial charge in [0, 0.05) is 25.3 Å². The van der Waals surface area contributed by atoms with Gasteiger partial charge in [-0.15, -0.1) is 0 Å². The lowest BCUT2D eigenvalue weighted by Crippen LogP contribution is -2.29. The molecular formula is C16H18N2O2S. The molecule has 3 rings (SSSR count). The summed E-state index contributed by atoms with van der Waals surface area (Å²) in [6.45, 7) is 4.60. The molecule has 4 nitrogen and oxygen atoms in total. The minimum atomic E-state index is 0.191. The standard InChI is InChI=1S/C16H18N2O2S/c1-12-10-18(8-5-9-20-12)16-17-15(14(11-19)21-16)13-6-3-2-4-7-13/h2-4,6-7,11-12H,5,8-10H2,1H3. The average Bonchev–Trinajstić information content (AvgIpc) is 2.84. The predicted molar refractivity (Wildman–Crippen MR) is 85.2 cm³/mol. The van der Waals surface area contributed by atoms with Gasteiger partial charge in [0.15, 0.2) is 11.4 Å². The molecule has 5 heteroatoms.